The molecule has 31 heavy (non-hydrogen) atoms. The molecule has 0 fully saturated rings. The van der Waals surface area contributed by atoms with E-state index >= 15 is 0 Å². The summed E-state index contributed by atoms with van der Waals surface area (Å²) in [4.78, 5) is 29.4. The van der Waals surface area contributed by atoms with E-state index in [1.165, 1.54) is 17.8 Å². The summed E-state index contributed by atoms with van der Waals surface area (Å²) in [6.45, 7) is 2.26. The summed E-state index contributed by atoms with van der Waals surface area (Å²) in [6.07, 6.45) is 17.6. The highest BCUT2D eigenvalue weighted by Gasteiger charge is 2.23. The highest BCUT2D eigenvalue weighted by molar-refractivity contribution is 5.86. The average Bonchev–Trinajstić information content (AvgIpc) is 2.78. The van der Waals surface area contributed by atoms with E-state index in [2.05, 4.69) is 41.4 Å². The monoisotopic (exact) mass is 419 g/mol. The van der Waals surface area contributed by atoms with E-state index in [4.69, 9.17) is 6.42 Å². The molecule has 0 saturated carbocycles. The first-order valence-electron chi connectivity index (χ1n) is 10.7. The van der Waals surface area contributed by atoms with Gasteiger partial charge in [0.15, 0.2) is 0 Å². The van der Waals surface area contributed by atoms with Crippen molar-refractivity contribution in [3.63, 3.8) is 0 Å². The number of nitrogens with one attached hydrogen (secondary N) is 1. The van der Waals surface area contributed by atoms with Gasteiger partial charge in [0.1, 0.15) is 0 Å². The lowest BCUT2D eigenvalue weighted by atomic mass is 9.94. The Morgan fingerprint density at radius 3 is 2.65 bits per heavy atom. The van der Waals surface area contributed by atoms with Crippen LogP contribution in [0.3, 0.4) is 0 Å². The van der Waals surface area contributed by atoms with Crippen LogP contribution in [0.4, 0.5) is 0 Å². The molecule has 164 valence electrons. The first-order valence-corrected chi connectivity index (χ1v) is 10.7. The van der Waals surface area contributed by atoms with Crippen molar-refractivity contribution in [3.05, 3.63) is 72.0 Å². The van der Waals surface area contributed by atoms with E-state index in [1.54, 1.807) is 11.9 Å². The van der Waals surface area contributed by atoms with Crippen molar-refractivity contribution in [2.24, 2.45) is 5.92 Å². The lowest BCUT2D eigenvalue weighted by Gasteiger charge is -2.24. The molecule has 0 saturated heterocycles. The SMILES string of the molecule is C#C/C=C/NC(=O)[C@@H](CC(=O)N(C)CCN(C)CC1=CCCC=C1)Cc1ccccc1. The smallest absolute Gasteiger partial charge is 0.227 e. The molecule has 1 aromatic rings. The number of allylic oxidation sites excluding steroid dienone is 3. The molecule has 5 heteroatoms. The van der Waals surface area contributed by atoms with Gasteiger partial charge in [0.2, 0.25) is 11.8 Å². The normalized spacial score (nSPS) is 14.2. The zero-order valence-electron chi connectivity index (χ0n) is 18.6. The fourth-order valence-corrected chi connectivity index (χ4v) is 3.43. The van der Waals surface area contributed by atoms with Crippen molar-refractivity contribution in [2.75, 3.05) is 33.7 Å². The predicted octanol–water partition coefficient (Wildman–Crippen LogP) is 3.17. The third-order valence-corrected chi connectivity index (χ3v) is 5.29. The van der Waals surface area contributed by atoms with Gasteiger partial charge in [0.25, 0.3) is 0 Å². The summed E-state index contributed by atoms with van der Waals surface area (Å²) in [7, 11) is 3.86. The van der Waals surface area contributed by atoms with Crippen molar-refractivity contribution in [3.8, 4) is 12.3 Å². The van der Waals surface area contributed by atoms with Crippen molar-refractivity contribution < 1.29 is 9.59 Å². The molecular weight excluding hydrogens is 386 g/mol. The molecule has 0 unspecified atom stereocenters. The van der Waals surface area contributed by atoms with Crippen LogP contribution in [0.25, 0.3) is 0 Å². The molecule has 1 aromatic carbocycles. The van der Waals surface area contributed by atoms with Gasteiger partial charge in [-0.05, 0) is 37.4 Å². The maximum absolute atomic E-state index is 12.8. The molecule has 0 heterocycles. The number of carbonyl (C=O) groups is 2. The minimum absolute atomic E-state index is 0.0396. The zero-order chi connectivity index (χ0) is 22.5. The van der Waals surface area contributed by atoms with Crippen LogP contribution in [0.2, 0.25) is 0 Å². The van der Waals surface area contributed by atoms with Crippen LogP contribution in [0.15, 0.2) is 66.4 Å². The molecule has 1 aliphatic rings. The third kappa shape index (κ3) is 9.06. The van der Waals surface area contributed by atoms with E-state index in [0.717, 1.165) is 31.5 Å². The van der Waals surface area contributed by atoms with Gasteiger partial charge in [0, 0.05) is 45.4 Å². The lowest BCUT2D eigenvalue weighted by Crippen LogP contribution is -2.38. The molecule has 0 bridgehead atoms. The topological polar surface area (TPSA) is 52.7 Å². The van der Waals surface area contributed by atoms with E-state index in [9.17, 15) is 9.59 Å². The number of likely N-dealkylation sites (N-methyl/N-ethyl adjacent to an activating group) is 2. The maximum Gasteiger partial charge on any atom is 0.227 e. The molecule has 1 N–H and O–H groups in total. The third-order valence-electron chi connectivity index (χ3n) is 5.29. The highest BCUT2D eigenvalue weighted by atomic mass is 16.2. The zero-order valence-corrected chi connectivity index (χ0v) is 18.6. The fraction of sp³-hybridized carbons (Fsp3) is 0.385. The maximum atomic E-state index is 12.8. The Bertz CT molecular complexity index is 849. The second-order valence-electron chi connectivity index (χ2n) is 7.91. The van der Waals surface area contributed by atoms with Crippen molar-refractivity contribution >= 4 is 11.8 Å². The lowest BCUT2D eigenvalue weighted by molar-refractivity contribution is -0.135. The van der Waals surface area contributed by atoms with Crippen LogP contribution in [-0.4, -0.2) is 55.3 Å². The largest absolute Gasteiger partial charge is 0.344 e. The number of benzene rings is 1. The second-order valence-corrected chi connectivity index (χ2v) is 7.91. The average molecular weight is 420 g/mol. The molecule has 1 atom stereocenters. The first kappa shape index (κ1) is 24.2. The number of terminal acetylenes is 1. The van der Waals surface area contributed by atoms with Crippen LogP contribution in [0.1, 0.15) is 24.8 Å². The van der Waals surface area contributed by atoms with Crippen LogP contribution in [-0.2, 0) is 16.0 Å². The number of nitrogens with zero attached hydrogens (tertiary/aromatic N) is 2. The summed E-state index contributed by atoms with van der Waals surface area (Å²) in [6, 6.07) is 9.74. The Balaban J connectivity index is 1.90. The van der Waals surface area contributed by atoms with Crippen LogP contribution >= 0.6 is 0 Å². The molecule has 2 amide bonds. The molecule has 0 aromatic heterocycles. The van der Waals surface area contributed by atoms with Gasteiger partial charge in [-0.1, -0.05) is 54.5 Å². The van der Waals surface area contributed by atoms with Gasteiger partial charge >= 0.3 is 0 Å². The molecule has 2 rings (SSSR count). The molecule has 0 radical (unpaired) electrons. The Hall–Kier alpha value is -3.10. The van der Waals surface area contributed by atoms with Crippen LogP contribution in [0, 0.1) is 18.3 Å². The Morgan fingerprint density at radius 2 is 1.97 bits per heavy atom. The van der Waals surface area contributed by atoms with Crippen molar-refractivity contribution in [1.29, 1.82) is 0 Å². The Labute approximate surface area is 186 Å². The summed E-state index contributed by atoms with van der Waals surface area (Å²) in [5.74, 6) is 1.64. The molecular formula is C26H33N3O2. The fourth-order valence-electron chi connectivity index (χ4n) is 3.43. The van der Waals surface area contributed by atoms with E-state index in [0.29, 0.717) is 13.0 Å². The summed E-state index contributed by atoms with van der Waals surface area (Å²) >= 11 is 0. The Kier molecular flexibility index (Phi) is 10.3. The number of hydrogen-bond donors (Lipinski definition) is 1. The van der Waals surface area contributed by atoms with E-state index in [1.807, 2.05) is 30.3 Å². The molecule has 0 spiro atoms. The van der Waals surface area contributed by atoms with Gasteiger partial charge in [-0.15, -0.1) is 6.42 Å². The van der Waals surface area contributed by atoms with Crippen LogP contribution < -0.4 is 5.32 Å². The quantitative estimate of drug-likeness (QED) is 0.561. The standard InChI is InChI=1S/C26H33N3O2/c1-4-5-16-27-26(31)24(19-22-12-8-6-9-13-22)20-25(30)29(3)18-17-28(2)21-23-14-10-7-11-15-23/h1,5-6,8-10,12-16,24H,7,11,17-21H2,2-3H3,(H,27,31)/b16-5+/t24-/m1/s1. The number of rotatable bonds is 11. The molecule has 0 aliphatic heterocycles. The van der Waals surface area contributed by atoms with Gasteiger partial charge < -0.3 is 15.1 Å². The number of hydrogen-bond acceptors (Lipinski definition) is 3. The number of amides is 2. The van der Waals surface area contributed by atoms with Crippen LogP contribution in [0.5, 0.6) is 0 Å². The summed E-state index contributed by atoms with van der Waals surface area (Å²) in [5, 5.41) is 2.69. The number of carbonyl (C=O) groups excluding carboxylic acids is 2. The summed E-state index contributed by atoms with van der Waals surface area (Å²) in [5.41, 5.74) is 2.34. The van der Waals surface area contributed by atoms with Gasteiger partial charge in [-0.25, -0.2) is 0 Å². The minimum Gasteiger partial charge on any atom is -0.344 e. The highest BCUT2D eigenvalue weighted by Crippen LogP contribution is 2.15. The Morgan fingerprint density at radius 1 is 1.19 bits per heavy atom. The van der Waals surface area contributed by atoms with Gasteiger partial charge in [-0.2, -0.15) is 0 Å². The first-order chi connectivity index (χ1) is 15.0. The van der Waals surface area contributed by atoms with E-state index in [-0.39, 0.29) is 18.2 Å². The predicted molar refractivity (Wildman–Crippen MR) is 126 cm³/mol. The van der Waals surface area contributed by atoms with Gasteiger partial charge in [-0.3, -0.25) is 9.59 Å². The summed E-state index contributed by atoms with van der Waals surface area (Å²) < 4.78 is 0. The van der Waals surface area contributed by atoms with Crippen molar-refractivity contribution in [1.82, 2.24) is 15.1 Å². The molecule has 1 aliphatic carbocycles. The van der Waals surface area contributed by atoms with Crippen molar-refractivity contribution in [2.45, 2.75) is 25.7 Å². The minimum atomic E-state index is -0.463. The molecule has 5 nitrogen and oxygen atoms in total. The second kappa shape index (κ2) is 13.3. The van der Waals surface area contributed by atoms with E-state index < -0.39 is 5.92 Å². The van der Waals surface area contributed by atoms with Gasteiger partial charge in [0.05, 0.1) is 5.92 Å².